The van der Waals surface area contributed by atoms with Gasteiger partial charge in [0.1, 0.15) is 0 Å². The molecule has 120 valence electrons. The zero-order valence-corrected chi connectivity index (χ0v) is 15.8. The average molecular weight is 356 g/mol. The van der Waals surface area contributed by atoms with Crippen LogP contribution in [0.4, 0.5) is 0 Å². The topological polar surface area (TPSA) is 29.9 Å². The van der Waals surface area contributed by atoms with E-state index in [1.165, 1.54) is 42.3 Å². The van der Waals surface area contributed by atoms with Crippen molar-refractivity contribution in [2.45, 2.75) is 65.3 Å². The minimum Gasteiger partial charge on any atom is -0.316 e. The van der Waals surface area contributed by atoms with Gasteiger partial charge in [-0.1, -0.05) is 26.7 Å². The van der Waals surface area contributed by atoms with Crippen molar-refractivity contribution in [3.8, 4) is 0 Å². The lowest BCUT2D eigenvalue weighted by atomic mass is 9.71. The van der Waals surface area contributed by atoms with Crippen molar-refractivity contribution in [2.24, 2.45) is 18.4 Å². The summed E-state index contributed by atoms with van der Waals surface area (Å²) in [5.41, 5.74) is 2.87. The second kappa shape index (κ2) is 6.82. The number of aryl methyl sites for hydroxylation is 2. The molecule has 1 aromatic heterocycles. The highest BCUT2D eigenvalue weighted by Crippen LogP contribution is 2.47. The molecule has 0 amide bonds. The van der Waals surface area contributed by atoms with E-state index in [1.54, 1.807) is 0 Å². The van der Waals surface area contributed by atoms with Crippen LogP contribution < -0.4 is 5.32 Å². The molecule has 0 radical (unpaired) electrons. The second-order valence-corrected chi connectivity index (χ2v) is 7.98. The summed E-state index contributed by atoms with van der Waals surface area (Å²) in [5.74, 6) is 0.760. The number of nitrogens with one attached hydrogen (secondary N) is 1. The first-order chi connectivity index (χ1) is 9.89. The lowest BCUT2D eigenvalue weighted by molar-refractivity contribution is 0.158. The molecule has 0 aliphatic heterocycles. The summed E-state index contributed by atoms with van der Waals surface area (Å²) in [5, 5.41) is 8.19. The van der Waals surface area contributed by atoms with Gasteiger partial charge in [0, 0.05) is 19.5 Å². The van der Waals surface area contributed by atoms with Crippen molar-refractivity contribution in [1.82, 2.24) is 15.1 Å². The lowest BCUT2D eigenvalue weighted by Crippen LogP contribution is -2.45. The SMILES string of the molecule is CNC(Cc1c(Br)c(C)nn1C)C1(CC(C)C)CCCC1. The molecule has 1 N–H and O–H groups in total. The number of likely N-dealkylation sites (N-methyl/N-ethyl adjacent to an activating group) is 1. The summed E-state index contributed by atoms with van der Waals surface area (Å²) in [6, 6.07) is 0.536. The molecule has 1 atom stereocenters. The van der Waals surface area contributed by atoms with Crippen molar-refractivity contribution >= 4 is 15.9 Å². The van der Waals surface area contributed by atoms with Crippen LogP contribution in [0.3, 0.4) is 0 Å². The summed E-state index contributed by atoms with van der Waals surface area (Å²) in [4.78, 5) is 0. The molecule has 0 bridgehead atoms. The lowest BCUT2D eigenvalue weighted by Gasteiger charge is -2.39. The maximum absolute atomic E-state index is 4.55. The Balaban J connectivity index is 2.25. The number of hydrogen-bond donors (Lipinski definition) is 1. The summed E-state index contributed by atoms with van der Waals surface area (Å²) < 4.78 is 3.23. The molecule has 1 aromatic rings. The highest BCUT2D eigenvalue weighted by atomic mass is 79.9. The van der Waals surface area contributed by atoms with E-state index in [1.807, 2.05) is 4.68 Å². The third-order valence-electron chi connectivity index (χ3n) is 5.16. The standard InChI is InChI=1S/C17H30BrN3/c1-12(2)11-17(8-6-7-9-17)15(19-4)10-14-16(18)13(3)20-21(14)5/h12,15,19H,6-11H2,1-5H3. The number of rotatable bonds is 6. The first-order valence-corrected chi connectivity index (χ1v) is 9.04. The van der Waals surface area contributed by atoms with Crippen LogP contribution in [-0.2, 0) is 13.5 Å². The van der Waals surface area contributed by atoms with E-state index < -0.39 is 0 Å². The third kappa shape index (κ3) is 3.53. The molecule has 1 aliphatic carbocycles. The fourth-order valence-corrected chi connectivity index (χ4v) is 4.80. The van der Waals surface area contributed by atoms with Gasteiger partial charge in [-0.15, -0.1) is 0 Å². The quantitative estimate of drug-likeness (QED) is 0.827. The van der Waals surface area contributed by atoms with Crippen molar-refractivity contribution < 1.29 is 0 Å². The molecule has 1 fully saturated rings. The minimum atomic E-state index is 0.459. The van der Waals surface area contributed by atoms with E-state index in [0.717, 1.165) is 18.0 Å². The van der Waals surface area contributed by atoms with Crippen LogP contribution in [0.5, 0.6) is 0 Å². The Bertz CT molecular complexity index is 473. The van der Waals surface area contributed by atoms with Crippen molar-refractivity contribution in [3.63, 3.8) is 0 Å². The number of nitrogens with zero attached hydrogens (tertiary/aromatic N) is 2. The molecule has 3 nitrogen and oxygen atoms in total. The van der Waals surface area contributed by atoms with Crippen molar-refractivity contribution in [2.75, 3.05) is 7.05 Å². The fourth-order valence-electron chi connectivity index (χ4n) is 4.31. The van der Waals surface area contributed by atoms with E-state index in [4.69, 9.17) is 0 Å². The van der Waals surface area contributed by atoms with Crippen LogP contribution in [0.2, 0.25) is 0 Å². The Labute approximate surface area is 138 Å². The number of aromatic nitrogens is 2. The Morgan fingerprint density at radius 3 is 2.38 bits per heavy atom. The molecule has 0 saturated heterocycles. The summed E-state index contributed by atoms with van der Waals surface area (Å²) in [6.07, 6.45) is 7.89. The highest BCUT2D eigenvalue weighted by molar-refractivity contribution is 9.10. The van der Waals surface area contributed by atoms with Crippen LogP contribution in [-0.4, -0.2) is 22.9 Å². The zero-order chi connectivity index (χ0) is 15.6. The Morgan fingerprint density at radius 1 is 1.33 bits per heavy atom. The fraction of sp³-hybridized carbons (Fsp3) is 0.824. The van der Waals surface area contributed by atoms with E-state index in [9.17, 15) is 0 Å². The van der Waals surface area contributed by atoms with Crippen molar-refractivity contribution in [1.29, 1.82) is 0 Å². The van der Waals surface area contributed by atoms with E-state index >= 15 is 0 Å². The monoisotopic (exact) mass is 355 g/mol. The van der Waals surface area contributed by atoms with Gasteiger partial charge in [0.05, 0.1) is 15.9 Å². The number of halogens is 1. The molecule has 4 heteroatoms. The van der Waals surface area contributed by atoms with Gasteiger partial charge in [0.15, 0.2) is 0 Å². The minimum absolute atomic E-state index is 0.459. The average Bonchev–Trinajstić information content (AvgIpc) is 2.95. The highest BCUT2D eigenvalue weighted by Gasteiger charge is 2.41. The van der Waals surface area contributed by atoms with Crippen LogP contribution >= 0.6 is 15.9 Å². The van der Waals surface area contributed by atoms with Gasteiger partial charge in [-0.05, 0) is 60.5 Å². The van der Waals surface area contributed by atoms with Crippen LogP contribution in [0, 0.1) is 18.3 Å². The molecular formula is C17H30BrN3. The van der Waals surface area contributed by atoms with Gasteiger partial charge in [-0.3, -0.25) is 4.68 Å². The first-order valence-electron chi connectivity index (χ1n) is 8.25. The molecule has 1 unspecified atom stereocenters. The Hall–Kier alpha value is -0.350. The molecular weight excluding hydrogens is 326 g/mol. The van der Waals surface area contributed by atoms with Crippen LogP contribution in [0.25, 0.3) is 0 Å². The second-order valence-electron chi connectivity index (χ2n) is 7.18. The van der Waals surface area contributed by atoms with Crippen LogP contribution in [0.1, 0.15) is 57.3 Å². The van der Waals surface area contributed by atoms with Gasteiger partial charge in [0.25, 0.3) is 0 Å². The van der Waals surface area contributed by atoms with Gasteiger partial charge in [-0.2, -0.15) is 5.10 Å². The van der Waals surface area contributed by atoms with Gasteiger partial charge >= 0.3 is 0 Å². The summed E-state index contributed by atoms with van der Waals surface area (Å²) >= 11 is 3.72. The Kier molecular flexibility index (Phi) is 5.53. The van der Waals surface area contributed by atoms with Crippen LogP contribution in [0.15, 0.2) is 4.47 Å². The van der Waals surface area contributed by atoms with Crippen molar-refractivity contribution in [3.05, 3.63) is 15.9 Å². The van der Waals surface area contributed by atoms with E-state index in [2.05, 4.69) is 61.2 Å². The predicted octanol–water partition coefficient (Wildman–Crippen LogP) is 4.23. The van der Waals surface area contributed by atoms with E-state index in [-0.39, 0.29) is 0 Å². The zero-order valence-electron chi connectivity index (χ0n) is 14.2. The summed E-state index contributed by atoms with van der Waals surface area (Å²) in [6.45, 7) is 6.79. The largest absolute Gasteiger partial charge is 0.316 e. The Morgan fingerprint density at radius 2 is 1.95 bits per heavy atom. The van der Waals surface area contributed by atoms with Gasteiger partial charge in [0.2, 0.25) is 0 Å². The maximum atomic E-state index is 4.55. The first kappa shape index (κ1) is 17.0. The molecule has 1 saturated carbocycles. The molecule has 2 rings (SSSR count). The van der Waals surface area contributed by atoms with Gasteiger partial charge in [-0.25, -0.2) is 0 Å². The molecule has 0 aromatic carbocycles. The predicted molar refractivity (Wildman–Crippen MR) is 92.6 cm³/mol. The maximum Gasteiger partial charge on any atom is 0.0738 e. The molecule has 1 heterocycles. The molecule has 1 aliphatic rings. The third-order valence-corrected chi connectivity index (χ3v) is 6.19. The van der Waals surface area contributed by atoms with E-state index in [0.29, 0.717) is 11.5 Å². The van der Waals surface area contributed by atoms with Gasteiger partial charge < -0.3 is 5.32 Å². The number of hydrogen-bond acceptors (Lipinski definition) is 2. The molecule has 0 spiro atoms. The summed E-state index contributed by atoms with van der Waals surface area (Å²) in [7, 11) is 4.19. The normalized spacial score (nSPS) is 19.4. The molecule has 21 heavy (non-hydrogen) atoms. The smallest absolute Gasteiger partial charge is 0.0738 e.